The number of methoxy groups -OCH3 is 1. The van der Waals surface area contributed by atoms with Crippen molar-refractivity contribution in [3.05, 3.63) is 53.6 Å². The van der Waals surface area contributed by atoms with Crippen LogP contribution in [0.15, 0.2) is 42.5 Å². The van der Waals surface area contributed by atoms with E-state index in [0.717, 1.165) is 28.0 Å². The van der Waals surface area contributed by atoms with Crippen LogP contribution in [0.2, 0.25) is 0 Å². The van der Waals surface area contributed by atoms with Gasteiger partial charge in [0.15, 0.2) is 0 Å². The molecule has 0 aliphatic rings. The summed E-state index contributed by atoms with van der Waals surface area (Å²) in [5.74, 6) is 0.358. The Morgan fingerprint density at radius 3 is 2.61 bits per heavy atom. The SMILES string of the molecule is COC(=O)CCCNC(=O)c1ccc2c(c1)nc(-c1ccc(CN)cc1)n2C. The number of hydrogen-bond acceptors (Lipinski definition) is 5. The van der Waals surface area contributed by atoms with Crippen molar-refractivity contribution < 1.29 is 14.3 Å². The van der Waals surface area contributed by atoms with E-state index in [9.17, 15) is 9.59 Å². The number of carbonyl (C=O) groups excluding carboxylic acids is 2. The molecule has 3 N–H and O–H groups in total. The molecule has 0 saturated heterocycles. The Balaban J connectivity index is 1.76. The largest absolute Gasteiger partial charge is 0.469 e. The molecule has 0 aliphatic heterocycles. The van der Waals surface area contributed by atoms with Crippen LogP contribution in [0.25, 0.3) is 22.4 Å². The molecule has 28 heavy (non-hydrogen) atoms. The molecule has 3 aromatic rings. The summed E-state index contributed by atoms with van der Waals surface area (Å²) in [7, 11) is 3.30. The number of aryl methyl sites for hydroxylation is 1. The summed E-state index contributed by atoms with van der Waals surface area (Å²) in [6, 6.07) is 13.4. The summed E-state index contributed by atoms with van der Waals surface area (Å²) < 4.78 is 6.59. The molecule has 1 aromatic heterocycles. The van der Waals surface area contributed by atoms with Crippen molar-refractivity contribution in [1.82, 2.24) is 14.9 Å². The third kappa shape index (κ3) is 4.20. The second kappa shape index (κ2) is 8.67. The molecule has 1 amide bonds. The zero-order chi connectivity index (χ0) is 20.1. The third-order valence-electron chi connectivity index (χ3n) is 4.66. The molecule has 0 spiro atoms. The van der Waals surface area contributed by atoms with Gasteiger partial charge in [-0.25, -0.2) is 4.98 Å². The van der Waals surface area contributed by atoms with Gasteiger partial charge in [0.25, 0.3) is 5.91 Å². The summed E-state index contributed by atoms with van der Waals surface area (Å²) in [6.45, 7) is 0.911. The number of amides is 1. The Bertz CT molecular complexity index is 993. The molecule has 0 bridgehead atoms. The molecule has 0 radical (unpaired) electrons. The van der Waals surface area contributed by atoms with E-state index in [-0.39, 0.29) is 18.3 Å². The van der Waals surface area contributed by atoms with Crippen LogP contribution in [0.5, 0.6) is 0 Å². The first kappa shape index (κ1) is 19.6. The van der Waals surface area contributed by atoms with E-state index >= 15 is 0 Å². The number of ether oxygens (including phenoxy) is 1. The van der Waals surface area contributed by atoms with Crippen molar-refractivity contribution in [1.29, 1.82) is 0 Å². The number of hydrogen-bond donors (Lipinski definition) is 2. The maximum Gasteiger partial charge on any atom is 0.305 e. The molecule has 7 nitrogen and oxygen atoms in total. The Kier molecular flexibility index (Phi) is 6.06. The van der Waals surface area contributed by atoms with Crippen molar-refractivity contribution in [3.8, 4) is 11.4 Å². The lowest BCUT2D eigenvalue weighted by molar-refractivity contribution is -0.140. The highest BCUT2D eigenvalue weighted by atomic mass is 16.5. The first-order chi connectivity index (χ1) is 13.5. The Morgan fingerprint density at radius 2 is 1.93 bits per heavy atom. The van der Waals surface area contributed by atoms with E-state index in [1.165, 1.54) is 7.11 Å². The van der Waals surface area contributed by atoms with Crippen LogP contribution in [-0.4, -0.2) is 35.1 Å². The monoisotopic (exact) mass is 380 g/mol. The minimum Gasteiger partial charge on any atom is -0.469 e. The number of benzene rings is 2. The lowest BCUT2D eigenvalue weighted by Gasteiger charge is -2.05. The molecule has 0 aliphatic carbocycles. The van der Waals surface area contributed by atoms with Gasteiger partial charge in [0, 0.05) is 37.7 Å². The minimum absolute atomic E-state index is 0.189. The van der Waals surface area contributed by atoms with Gasteiger partial charge in [-0.1, -0.05) is 24.3 Å². The smallest absolute Gasteiger partial charge is 0.305 e. The van der Waals surface area contributed by atoms with E-state index in [1.54, 1.807) is 12.1 Å². The van der Waals surface area contributed by atoms with Gasteiger partial charge in [-0.05, 0) is 30.2 Å². The fraction of sp³-hybridized carbons (Fsp3) is 0.286. The average molecular weight is 380 g/mol. The molecule has 0 atom stereocenters. The van der Waals surface area contributed by atoms with Gasteiger partial charge in [-0.15, -0.1) is 0 Å². The van der Waals surface area contributed by atoms with Crippen molar-refractivity contribution in [2.24, 2.45) is 12.8 Å². The van der Waals surface area contributed by atoms with Crippen LogP contribution in [0.1, 0.15) is 28.8 Å². The first-order valence-corrected chi connectivity index (χ1v) is 9.14. The highest BCUT2D eigenvalue weighted by Crippen LogP contribution is 2.24. The topological polar surface area (TPSA) is 99.2 Å². The van der Waals surface area contributed by atoms with E-state index in [2.05, 4.69) is 10.1 Å². The van der Waals surface area contributed by atoms with Gasteiger partial charge in [0.1, 0.15) is 5.82 Å². The zero-order valence-corrected chi connectivity index (χ0v) is 16.1. The molecule has 2 aromatic carbocycles. The number of nitrogens with zero attached hydrogens (tertiary/aromatic N) is 2. The van der Waals surface area contributed by atoms with E-state index in [0.29, 0.717) is 25.1 Å². The first-order valence-electron chi connectivity index (χ1n) is 9.14. The Hall–Kier alpha value is -3.19. The van der Waals surface area contributed by atoms with E-state index < -0.39 is 0 Å². The molecule has 7 heteroatoms. The zero-order valence-electron chi connectivity index (χ0n) is 16.1. The average Bonchev–Trinajstić information content (AvgIpc) is 3.06. The van der Waals surface area contributed by atoms with Gasteiger partial charge >= 0.3 is 5.97 Å². The Morgan fingerprint density at radius 1 is 1.18 bits per heavy atom. The number of nitrogens with one attached hydrogen (secondary N) is 1. The molecule has 0 unspecified atom stereocenters. The van der Waals surface area contributed by atoms with Crippen LogP contribution in [-0.2, 0) is 23.1 Å². The maximum atomic E-state index is 12.4. The maximum absolute atomic E-state index is 12.4. The van der Waals surface area contributed by atoms with Crippen LogP contribution in [0, 0.1) is 0 Å². The quantitative estimate of drug-likeness (QED) is 0.484. The number of carbonyl (C=O) groups is 2. The lowest BCUT2D eigenvalue weighted by atomic mass is 10.1. The highest BCUT2D eigenvalue weighted by Gasteiger charge is 2.13. The minimum atomic E-state index is -0.281. The van der Waals surface area contributed by atoms with Crippen molar-refractivity contribution in [2.45, 2.75) is 19.4 Å². The summed E-state index contributed by atoms with van der Waals surface area (Å²) >= 11 is 0. The van der Waals surface area contributed by atoms with Crippen molar-refractivity contribution in [3.63, 3.8) is 0 Å². The van der Waals surface area contributed by atoms with Gasteiger partial charge in [0.2, 0.25) is 0 Å². The molecule has 146 valence electrons. The second-order valence-corrected chi connectivity index (χ2v) is 6.53. The molecular weight excluding hydrogens is 356 g/mol. The van der Waals surface area contributed by atoms with Gasteiger partial charge in [-0.2, -0.15) is 0 Å². The molecule has 3 rings (SSSR count). The van der Waals surface area contributed by atoms with Gasteiger partial charge in [0.05, 0.1) is 18.1 Å². The van der Waals surface area contributed by atoms with E-state index in [1.807, 2.05) is 41.9 Å². The highest BCUT2D eigenvalue weighted by molar-refractivity contribution is 5.97. The second-order valence-electron chi connectivity index (χ2n) is 6.53. The number of imidazole rings is 1. The predicted molar refractivity (Wildman–Crippen MR) is 108 cm³/mol. The molecule has 1 heterocycles. The molecule has 0 saturated carbocycles. The predicted octanol–water partition coefficient (Wildman–Crippen LogP) is 2.38. The number of fused-ring (bicyclic) bond motifs is 1. The van der Waals surface area contributed by atoms with Crippen LogP contribution in [0.3, 0.4) is 0 Å². The standard InChI is InChI=1S/C21H24N4O3/c1-25-18-10-9-16(21(27)23-11-3-4-19(26)28-2)12-17(18)24-20(25)15-7-5-14(13-22)6-8-15/h5-10,12H,3-4,11,13,22H2,1-2H3,(H,23,27). The normalized spacial score (nSPS) is 10.8. The van der Waals surface area contributed by atoms with E-state index in [4.69, 9.17) is 10.7 Å². The van der Waals surface area contributed by atoms with Crippen LogP contribution in [0.4, 0.5) is 0 Å². The van der Waals surface area contributed by atoms with Crippen molar-refractivity contribution >= 4 is 22.9 Å². The number of aromatic nitrogens is 2. The molecule has 0 fully saturated rings. The van der Waals surface area contributed by atoms with Crippen LogP contribution >= 0.6 is 0 Å². The summed E-state index contributed by atoms with van der Waals surface area (Å²) in [6.07, 6.45) is 0.815. The fourth-order valence-electron chi connectivity index (χ4n) is 3.03. The number of rotatable bonds is 7. The van der Waals surface area contributed by atoms with Crippen LogP contribution < -0.4 is 11.1 Å². The summed E-state index contributed by atoms with van der Waals surface area (Å²) in [5.41, 5.74) is 9.95. The van der Waals surface area contributed by atoms with Crippen molar-refractivity contribution in [2.75, 3.05) is 13.7 Å². The van der Waals surface area contributed by atoms with Gasteiger partial charge < -0.3 is 20.4 Å². The number of esters is 1. The number of nitrogens with two attached hydrogens (primary N) is 1. The third-order valence-corrected chi connectivity index (χ3v) is 4.66. The fourth-order valence-corrected chi connectivity index (χ4v) is 3.03. The Labute approximate surface area is 163 Å². The van der Waals surface area contributed by atoms with Gasteiger partial charge in [-0.3, -0.25) is 9.59 Å². The lowest BCUT2D eigenvalue weighted by Crippen LogP contribution is -2.24. The molecular formula is C21H24N4O3. The summed E-state index contributed by atoms with van der Waals surface area (Å²) in [4.78, 5) is 28.2. The summed E-state index contributed by atoms with van der Waals surface area (Å²) in [5, 5.41) is 2.82.